The van der Waals surface area contributed by atoms with Crippen molar-refractivity contribution >= 4 is 16.0 Å². The van der Waals surface area contributed by atoms with Gasteiger partial charge < -0.3 is 4.74 Å². The van der Waals surface area contributed by atoms with Gasteiger partial charge in [0.05, 0.1) is 0 Å². The number of carbonyl (C=O) groups excluding carboxylic acids is 1. The summed E-state index contributed by atoms with van der Waals surface area (Å²) >= 11 is 0. The van der Waals surface area contributed by atoms with Gasteiger partial charge in [0.1, 0.15) is 0 Å². The highest BCUT2D eigenvalue weighted by molar-refractivity contribution is 7.90. The van der Waals surface area contributed by atoms with Gasteiger partial charge in [-0.1, -0.05) is 6.58 Å². The quantitative estimate of drug-likeness (QED) is 0.312. The highest BCUT2D eigenvalue weighted by Crippen LogP contribution is 2.53. The van der Waals surface area contributed by atoms with E-state index in [2.05, 4.69) is 11.3 Å². The van der Waals surface area contributed by atoms with Crippen molar-refractivity contribution in [2.24, 2.45) is 0 Å². The van der Waals surface area contributed by atoms with E-state index < -0.39 is 52.2 Å². The molecule has 0 saturated heterocycles. The summed E-state index contributed by atoms with van der Waals surface area (Å²) in [6.07, 6.45) is -8.50. The van der Waals surface area contributed by atoms with Crippen molar-refractivity contribution in [2.45, 2.75) is 43.1 Å². The summed E-state index contributed by atoms with van der Waals surface area (Å²) in [4.78, 5) is 10.8. The Morgan fingerprint density at radius 3 is 1.83 bits per heavy atom. The molecule has 142 valence electrons. The molecule has 0 rings (SSSR count). The molecule has 0 saturated carbocycles. The molecule has 0 fully saturated rings. The van der Waals surface area contributed by atoms with E-state index in [1.165, 1.54) is 0 Å². The third-order valence-electron chi connectivity index (χ3n) is 2.60. The van der Waals surface area contributed by atoms with E-state index in [1.807, 2.05) is 0 Å². The summed E-state index contributed by atoms with van der Waals surface area (Å²) in [6.45, 7) is 2.87. The number of hydrogen-bond acceptors (Lipinski definition) is 4. The zero-order valence-electron chi connectivity index (χ0n) is 11.9. The second-order valence-electron chi connectivity index (χ2n) is 4.47. The van der Waals surface area contributed by atoms with Gasteiger partial charge in [-0.2, -0.15) is 35.5 Å². The van der Waals surface area contributed by atoms with Gasteiger partial charge in [0.15, 0.2) is 6.23 Å². The minimum absolute atomic E-state index is 0.492. The SMILES string of the molecule is C=CC(=O)OC(C)NS(=O)(=O)C(C)(F)C(F)(F)C(F)(F)C(F)(F)F. The van der Waals surface area contributed by atoms with Crippen LogP contribution in [0.4, 0.5) is 35.1 Å². The maximum atomic E-state index is 13.9. The maximum absolute atomic E-state index is 13.9. The lowest BCUT2D eigenvalue weighted by Crippen LogP contribution is -2.66. The van der Waals surface area contributed by atoms with Crippen molar-refractivity contribution in [3.8, 4) is 0 Å². The van der Waals surface area contributed by atoms with Crippen molar-refractivity contribution in [2.75, 3.05) is 0 Å². The van der Waals surface area contributed by atoms with E-state index in [0.29, 0.717) is 13.0 Å². The molecule has 0 aromatic carbocycles. The third kappa shape index (κ3) is 3.79. The average molecular weight is 393 g/mol. The van der Waals surface area contributed by atoms with Gasteiger partial charge in [-0.05, 0) is 13.8 Å². The molecular weight excluding hydrogens is 382 g/mol. The monoisotopic (exact) mass is 393 g/mol. The Labute approximate surface area is 130 Å². The summed E-state index contributed by atoms with van der Waals surface area (Å²) in [5.41, 5.74) is 0. The fraction of sp³-hybridized carbons (Fsp3) is 0.700. The number of hydrogen-bond donors (Lipinski definition) is 1. The molecule has 0 radical (unpaired) electrons. The Hall–Kier alpha value is -1.44. The van der Waals surface area contributed by atoms with E-state index in [4.69, 9.17) is 0 Å². The van der Waals surface area contributed by atoms with Crippen LogP contribution in [0, 0.1) is 0 Å². The first kappa shape index (κ1) is 22.6. The molecule has 24 heavy (non-hydrogen) atoms. The fourth-order valence-corrected chi connectivity index (χ4v) is 2.37. The molecule has 0 aliphatic heterocycles. The molecule has 0 aliphatic rings. The number of alkyl halides is 8. The first-order chi connectivity index (χ1) is 10.3. The van der Waals surface area contributed by atoms with E-state index in [-0.39, 0.29) is 0 Å². The molecule has 0 aromatic rings. The minimum atomic E-state index is -7.00. The van der Waals surface area contributed by atoms with Crippen LogP contribution in [-0.4, -0.2) is 43.6 Å². The summed E-state index contributed by atoms with van der Waals surface area (Å²) in [7, 11) is -6.17. The molecule has 5 nitrogen and oxygen atoms in total. The lowest BCUT2D eigenvalue weighted by molar-refractivity contribution is -0.369. The van der Waals surface area contributed by atoms with Crippen LogP contribution in [0.25, 0.3) is 0 Å². The van der Waals surface area contributed by atoms with Gasteiger partial charge in [-0.25, -0.2) is 17.6 Å². The predicted octanol–water partition coefficient (Wildman–Crippen LogP) is 2.50. The number of nitrogens with one attached hydrogen (secondary N) is 1. The number of rotatable bonds is 7. The second kappa shape index (κ2) is 6.46. The van der Waals surface area contributed by atoms with Crippen molar-refractivity contribution in [1.82, 2.24) is 4.72 Å². The minimum Gasteiger partial charge on any atom is -0.443 e. The highest BCUT2D eigenvalue weighted by atomic mass is 32.2. The van der Waals surface area contributed by atoms with Crippen LogP contribution in [0.1, 0.15) is 13.8 Å². The Kier molecular flexibility index (Phi) is 6.07. The molecule has 2 unspecified atom stereocenters. The summed E-state index contributed by atoms with van der Waals surface area (Å²) < 4.78 is 130. The summed E-state index contributed by atoms with van der Waals surface area (Å²) in [5, 5.41) is -5.41. The summed E-state index contributed by atoms with van der Waals surface area (Å²) in [5.74, 6) is -15.0. The molecule has 1 N–H and O–H groups in total. The lowest BCUT2D eigenvalue weighted by atomic mass is 10.1. The Bertz CT molecular complexity index is 598. The smallest absolute Gasteiger partial charge is 0.443 e. The molecule has 2 atom stereocenters. The van der Waals surface area contributed by atoms with E-state index in [1.54, 1.807) is 0 Å². The molecule has 0 spiro atoms. The largest absolute Gasteiger partial charge is 0.460 e. The number of esters is 1. The number of ether oxygens (including phenoxy) is 1. The third-order valence-corrected chi connectivity index (χ3v) is 4.50. The maximum Gasteiger partial charge on any atom is 0.460 e. The zero-order chi connectivity index (χ0) is 19.8. The van der Waals surface area contributed by atoms with E-state index >= 15 is 0 Å². The van der Waals surface area contributed by atoms with Crippen LogP contribution in [-0.2, 0) is 19.6 Å². The topological polar surface area (TPSA) is 72.5 Å². The van der Waals surface area contributed by atoms with Crippen LogP contribution in [0.3, 0.4) is 0 Å². The Balaban J connectivity index is 5.78. The first-order valence-corrected chi connectivity index (χ1v) is 7.19. The molecule has 0 amide bonds. The average Bonchev–Trinajstić information content (AvgIpc) is 2.35. The van der Waals surface area contributed by atoms with Crippen LogP contribution in [0.5, 0.6) is 0 Å². The molecule has 0 aromatic heterocycles. The van der Waals surface area contributed by atoms with Crippen molar-refractivity contribution in [3.63, 3.8) is 0 Å². The molecule has 0 heterocycles. The van der Waals surface area contributed by atoms with Gasteiger partial charge in [0, 0.05) is 6.08 Å². The van der Waals surface area contributed by atoms with Crippen molar-refractivity contribution < 1.29 is 53.1 Å². The number of sulfonamides is 1. The number of carbonyl (C=O) groups is 1. The van der Waals surface area contributed by atoms with Gasteiger partial charge in [-0.15, -0.1) is 0 Å². The van der Waals surface area contributed by atoms with Gasteiger partial charge in [0.2, 0.25) is 0 Å². The highest BCUT2D eigenvalue weighted by Gasteiger charge is 2.82. The first-order valence-electron chi connectivity index (χ1n) is 5.71. The Morgan fingerprint density at radius 2 is 1.50 bits per heavy atom. The predicted molar refractivity (Wildman–Crippen MR) is 63.3 cm³/mol. The molecule has 14 heteroatoms. The van der Waals surface area contributed by atoms with Crippen LogP contribution in [0.15, 0.2) is 12.7 Å². The van der Waals surface area contributed by atoms with E-state index in [0.717, 1.165) is 4.72 Å². The van der Waals surface area contributed by atoms with Gasteiger partial charge in [-0.3, -0.25) is 0 Å². The van der Waals surface area contributed by atoms with Crippen LogP contribution >= 0.6 is 0 Å². The standard InChI is InChI=1S/C10H11F8NO4S/c1-4-6(20)23-5(2)19-24(21,22)7(3,11)8(12,13)9(14,15)10(16,17)18/h4-5,19H,1H2,2-3H3. The lowest BCUT2D eigenvalue weighted by Gasteiger charge is -2.36. The van der Waals surface area contributed by atoms with Gasteiger partial charge >= 0.3 is 24.0 Å². The molecule has 0 aliphatic carbocycles. The zero-order valence-corrected chi connectivity index (χ0v) is 12.7. The van der Waals surface area contributed by atoms with Crippen molar-refractivity contribution in [3.05, 3.63) is 12.7 Å². The van der Waals surface area contributed by atoms with Crippen LogP contribution in [0.2, 0.25) is 0 Å². The fourth-order valence-electron chi connectivity index (χ4n) is 1.20. The summed E-state index contributed by atoms with van der Waals surface area (Å²) in [6, 6.07) is 0. The molecule has 0 bridgehead atoms. The van der Waals surface area contributed by atoms with Crippen LogP contribution < -0.4 is 4.72 Å². The second-order valence-corrected chi connectivity index (χ2v) is 6.48. The van der Waals surface area contributed by atoms with Crippen molar-refractivity contribution in [1.29, 1.82) is 0 Å². The molecular formula is C10H11F8NO4S. The van der Waals surface area contributed by atoms with E-state index in [9.17, 15) is 48.3 Å². The van der Waals surface area contributed by atoms with Gasteiger partial charge in [0.25, 0.3) is 15.0 Å². The number of halogens is 8. The Morgan fingerprint density at radius 1 is 1.08 bits per heavy atom. The normalized spacial score (nSPS) is 17.8.